The van der Waals surface area contributed by atoms with Gasteiger partial charge in [0.2, 0.25) is 11.7 Å². The van der Waals surface area contributed by atoms with Gasteiger partial charge < -0.3 is 5.32 Å². The van der Waals surface area contributed by atoms with Gasteiger partial charge in [-0.25, -0.2) is 4.57 Å². The molecule has 0 fully saturated rings. The van der Waals surface area contributed by atoms with Crippen LogP contribution in [0.2, 0.25) is 0 Å². The summed E-state index contributed by atoms with van der Waals surface area (Å²) in [6, 6.07) is 19.2. The predicted octanol–water partition coefficient (Wildman–Crippen LogP) is 5.00. The topological polar surface area (TPSA) is 81.3 Å². The molecule has 0 radical (unpaired) electrons. The van der Waals surface area contributed by atoms with Crippen LogP contribution < -0.4 is 10.9 Å². The van der Waals surface area contributed by atoms with E-state index in [9.17, 15) is 9.59 Å². The van der Waals surface area contributed by atoms with Crippen molar-refractivity contribution in [3.05, 3.63) is 93.3 Å². The van der Waals surface area contributed by atoms with Crippen LogP contribution in [-0.2, 0) is 4.79 Å². The summed E-state index contributed by atoms with van der Waals surface area (Å²) in [5.41, 5.74) is 6.44. The molecule has 2 aromatic heterocycles. The molecule has 5 aromatic rings. The number of para-hydroxylation sites is 1. The number of hydrogen-bond donors (Lipinski definition) is 1. The highest BCUT2D eigenvalue weighted by Crippen LogP contribution is 2.25. The molecular formula is C27H25N5O2S. The van der Waals surface area contributed by atoms with Gasteiger partial charge in [0.1, 0.15) is 0 Å². The second kappa shape index (κ2) is 9.03. The third-order valence-corrected chi connectivity index (χ3v) is 7.04. The van der Waals surface area contributed by atoms with E-state index in [4.69, 9.17) is 0 Å². The molecular weight excluding hydrogens is 458 g/mol. The van der Waals surface area contributed by atoms with Crippen LogP contribution in [0.5, 0.6) is 0 Å². The monoisotopic (exact) mass is 483 g/mol. The summed E-state index contributed by atoms with van der Waals surface area (Å²) >= 11 is 1.28. The molecule has 1 N–H and O–H groups in total. The number of carbonyl (C=O) groups excluding carboxylic acids is 1. The number of anilines is 1. The van der Waals surface area contributed by atoms with E-state index >= 15 is 0 Å². The molecule has 0 saturated carbocycles. The molecule has 35 heavy (non-hydrogen) atoms. The largest absolute Gasteiger partial charge is 0.325 e. The highest BCUT2D eigenvalue weighted by molar-refractivity contribution is 7.99. The Morgan fingerprint density at radius 1 is 0.914 bits per heavy atom. The van der Waals surface area contributed by atoms with E-state index in [-0.39, 0.29) is 17.2 Å². The maximum absolute atomic E-state index is 13.5. The smallest absolute Gasteiger partial charge is 0.267 e. The third kappa shape index (κ3) is 4.21. The van der Waals surface area contributed by atoms with Crippen molar-refractivity contribution in [2.45, 2.75) is 32.9 Å². The Labute approximate surface area is 206 Å². The Bertz CT molecular complexity index is 1670. The lowest BCUT2D eigenvalue weighted by molar-refractivity contribution is -0.113. The molecule has 0 aliphatic heterocycles. The lowest BCUT2D eigenvalue weighted by Crippen LogP contribution is -2.22. The summed E-state index contributed by atoms with van der Waals surface area (Å²) in [5.74, 6) is 0.435. The molecule has 0 unspecified atom stereocenters. The highest BCUT2D eigenvalue weighted by atomic mass is 32.2. The third-order valence-electron chi connectivity index (χ3n) is 6.11. The Balaban J connectivity index is 1.55. The van der Waals surface area contributed by atoms with Gasteiger partial charge in [-0.1, -0.05) is 47.7 Å². The minimum absolute atomic E-state index is 0.137. The van der Waals surface area contributed by atoms with Gasteiger partial charge >= 0.3 is 0 Å². The van der Waals surface area contributed by atoms with E-state index in [0.29, 0.717) is 21.8 Å². The van der Waals surface area contributed by atoms with Gasteiger partial charge in [-0.2, -0.15) is 0 Å². The lowest BCUT2D eigenvalue weighted by Gasteiger charge is -2.13. The number of hydrogen-bond acceptors (Lipinski definition) is 5. The SMILES string of the molecule is Cc1ccc(-n2c(=O)c3ccccc3n3c(SCC(=O)Nc4ccc(C)c(C)c4)nnc23)c(C)c1. The van der Waals surface area contributed by atoms with Crippen LogP contribution in [0.1, 0.15) is 22.3 Å². The first-order valence-electron chi connectivity index (χ1n) is 11.3. The number of amides is 1. The molecule has 1 amide bonds. The number of nitrogens with zero attached hydrogens (tertiary/aromatic N) is 4. The Morgan fingerprint density at radius 3 is 2.49 bits per heavy atom. The molecule has 0 aliphatic carbocycles. The number of carbonyl (C=O) groups is 1. The van der Waals surface area contributed by atoms with Crippen molar-refractivity contribution in [2.75, 3.05) is 11.1 Å². The van der Waals surface area contributed by atoms with Crippen LogP contribution in [0.4, 0.5) is 5.69 Å². The molecule has 0 atom stereocenters. The second-order valence-electron chi connectivity index (χ2n) is 8.70. The zero-order valence-corrected chi connectivity index (χ0v) is 20.8. The number of aryl methyl sites for hydroxylation is 4. The van der Waals surface area contributed by atoms with Crippen molar-refractivity contribution in [1.29, 1.82) is 0 Å². The second-order valence-corrected chi connectivity index (χ2v) is 9.64. The van der Waals surface area contributed by atoms with Crippen molar-refractivity contribution in [1.82, 2.24) is 19.2 Å². The van der Waals surface area contributed by atoms with Crippen molar-refractivity contribution < 1.29 is 4.79 Å². The molecule has 5 rings (SSSR count). The van der Waals surface area contributed by atoms with Crippen molar-refractivity contribution in [3.63, 3.8) is 0 Å². The standard InChI is InChI=1S/C27H25N5O2S/c1-16-9-12-22(19(4)13-16)31-25(34)21-7-5-6-8-23(21)32-26(31)29-30-27(32)35-15-24(33)28-20-11-10-17(2)18(3)14-20/h5-14H,15H2,1-4H3,(H,28,33). The van der Waals surface area contributed by atoms with Crippen molar-refractivity contribution >= 4 is 40.0 Å². The van der Waals surface area contributed by atoms with Crippen LogP contribution >= 0.6 is 11.8 Å². The average Bonchev–Trinajstić information content (AvgIpc) is 3.25. The molecule has 0 spiro atoms. The van der Waals surface area contributed by atoms with Gasteiger partial charge in [0, 0.05) is 5.69 Å². The number of aromatic nitrogens is 4. The van der Waals surface area contributed by atoms with Crippen LogP contribution in [0.25, 0.3) is 22.4 Å². The molecule has 7 nitrogen and oxygen atoms in total. The molecule has 8 heteroatoms. The quantitative estimate of drug-likeness (QED) is 0.356. The molecule has 0 bridgehead atoms. The normalized spacial score (nSPS) is 11.3. The first-order chi connectivity index (χ1) is 16.8. The van der Waals surface area contributed by atoms with E-state index in [1.807, 2.05) is 86.7 Å². The Hall–Kier alpha value is -3.91. The van der Waals surface area contributed by atoms with Crippen LogP contribution in [-0.4, -0.2) is 30.8 Å². The van der Waals surface area contributed by atoms with Crippen LogP contribution in [0.3, 0.4) is 0 Å². The summed E-state index contributed by atoms with van der Waals surface area (Å²) in [6.45, 7) is 8.05. The minimum Gasteiger partial charge on any atom is -0.325 e. The molecule has 0 aliphatic rings. The average molecular weight is 484 g/mol. The van der Waals surface area contributed by atoms with E-state index in [1.165, 1.54) is 17.3 Å². The maximum atomic E-state index is 13.5. The van der Waals surface area contributed by atoms with Crippen molar-refractivity contribution in [3.8, 4) is 5.69 Å². The first-order valence-corrected chi connectivity index (χ1v) is 12.3. The molecule has 0 saturated heterocycles. The summed E-state index contributed by atoms with van der Waals surface area (Å²) < 4.78 is 3.45. The lowest BCUT2D eigenvalue weighted by atomic mass is 10.1. The highest BCUT2D eigenvalue weighted by Gasteiger charge is 2.19. The van der Waals surface area contributed by atoms with Gasteiger partial charge in [-0.05, 0) is 74.7 Å². The summed E-state index contributed by atoms with van der Waals surface area (Å²) in [6.07, 6.45) is 0. The summed E-state index contributed by atoms with van der Waals surface area (Å²) in [7, 11) is 0. The Kier molecular flexibility index (Phi) is 5.90. The number of fused-ring (bicyclic) bond motifs is 3. The predicted molar refractivity (Wildman–Crippen MR) is 141 cm³/mol. The fourth-order valence-corrected chi connectivity index (χ4v) is 4.93. The molecule has 176 valence electrons. The number of nitrogens with one attached hydrogen (secondary N) is 1. The number of thioether (sulfide) groups is 1. The van der Waals surface area contributed by atoms with Gasteiger partial charge in [0.05, 0.1) is 22.3 Å². The summed E-state index contributed by atoms with van der Waals surface area (Å²) in [4.78, 5) is 26.2. The van der Waals surface area contributed by atoms with E-state index < -0.39 is 0 Å². The Morgan fingerprint density at radius 2 is 1.71 bits per heavy atom. The van der Waals surface area contributed by atoms with E-state index in [1.54, 1.807) is 10.6 Å². The van der Waals surface area contributed by atoms with Gasteiger partial charge in [0.15, 0.2) is 5.16 Å². The van der Waals surface area contributed by atoms with Gasteiger partial charge in [0.25, 0.3) is 5.56 Å². The van der Waals surface area contributed by atoms with Gasteiger partial charge in [-0.15, -0.1) is 10.2 Å². The fraction of sp³-hybridized carbons (Fsp3) is 0.185. The van der Waals surface area contributed by atoms with Crippen LogP contribution in [0, 0.1) is 27.7 Å². The first kappa shape index (κ1) is 22.9. The van der Waals surface area contributed by atoms with E-state index in [0.717, 1.165) is 28.1 Å². The summed E-state index contributed by atoms with van der Waals surface area (Å²) in [5, 5.41) is 12.8. The fourth-order valence-electron chi connectivity index (χ4n) is 4.19. The zero-order valence-electron chi connectivity index (χ0n) is 20.0. The maximum Gasteiger partial charge on any atom is 0.267 e. The van der Waals surface area contributed by atoms with E-state index in [2.05, 4.69) is 15.5 Å². The van der Waals surface area contributed by atoms with Gasteiger partial charge in [-0.3, -0.25) is 14.0 Å². The number of benzene rings is 3. The van der Waals surface area contributed by atoms with Crippen molar-refractivity contribution in [2.24, 2.45) is 0 Å². The molecule has 3 aromatic carbocycles. The minimum atomic E-state index is -0.156. The van der Waals surface area contributed by atoms with Crippen LogP contribution in [0.15, 0.2) is 70.6 Å². The zero-order chi connectivity index (χ0) is 24.7. The molecule has 2 heterocycles. The number of rotatable bonds is 5.